The van der Waals surface area contributed by atoms with E-state index in [9.17, 15) is 14.7 Å². The molecule has 0 saturated heterocycles. The maximum atomic E-state index is 13.8. The maximum absolute atomic E-state index is 13.8. The predicted molar refractivity (Wildman–Crippen MR) is 145 cm³/mol. The van der Waals surface area contributed by atoms with Crippen LogP contribution in [0.3, 0.4) is 0 Å². The van der Waals surface area contributed by atoms with Crippen molar-refractivity contribution in [3.63, 3.8) is 0 Å². The van der Waals surface area contributed by atoms with Crippen LogP contribution in [0.1, 0.15) is 64.9 Å². The van der Waals surface area contributed by atoms with Crippen LogP contribution in [0.5, 0.6) is 5.75 Å². The summed E-state index contributed by atoms with van der Waals surface area (Å²) >= 11 is 0. The molecule has 6 nitrogen and oxygen atoms in total. The Labute approximate surface area is 222 Å². The molecule has 1 aliphatic heterocycles. The summed E-state index contributed by atoms with van der Waals surface area (Å²) in [4.78, 5) is 27.6. The molecule has 6 rings (SSSR count). The van der Waals surface area contributed by atoms with Gasteiger partial charge in [-0.2, -0.15) is 5.10 Å². The first-order valence-electron chi connectivity index (χ1n) is 13.2. The molecule has 0 amide bonds. The summed E-state index contributed by atoms with van der Waals surface area (Å²) in [6.07, 6.45) is 3.97. The minimum atomic E-state index is -0.573. The molecule has 1 aromatic heterocycles. The lowest BCUT2D eigenvalue weighted by molar-refractivity contribution is -0.120. The Morgan fingerprint density at radius 1 is 0.842 bits per heavy atom. The topological polar surface area (TPSA) is 81.4 Å². The van der Waals surface area contributed by atoms with E-state index in [4.69, 9.17) is 9.84 Å². The zero-order valence-electron chi connectivity index (χ0n) is 22.2. The lowest BCUT2D eigenvalue weighted by Gasteiger charge is -2.42. The number of Topliss-reactive ketones (excluding diaryl/α,β-unsaturated/α-hetero) is 2. The molecule has 6 heteroatoms. The number of benzene rings is 2. The van der Waals surface area contributed by atoms with Crippen molar-refractivity contribution in [2.75, 3.05) is 0 Å². The van der Waals surface area contributed by atoms with Gasteiger partial charge in [0.1, 0.15) is 17.3 Å². The van der Waals surface area contributed by atoms with Crippen LogP contribution < -0.4 is 0 Å². The molecule has 194 valence electrons. The number of carbonyl (C=O) groups is 2. The van der Waals surface area contributed by atoms with Gasteiger partial charge in [-0.25, -0.2) is 4.68 Å². The highest BCUT2D eigenvalue weighted by Gasteiger charge is 2.48. The number of nitrogens with zero attached hydrogens (tertiary/aromatic N) is 2. The van der Waals surface area contributed by atoms with Crippen LogP contribution in [0, 0.1) is 10.8 Å². The van der Waals surface area contributed by atoms with Gasteiger partial charge in [-0.1, -0.05) is 58.0 Å². The molecular weight excluding hydrogens is 476 g/mol. The highest BCUT2D eigenvalue weighted by molar-refractivity contribution is 6.06. The van der Waals surface area contributed by atoms with Crippen molar-refractivity contribution < 1.29 is 19.4 Å². The molecule has 3 aromatic rings. The van der Waals surface area contributed by atoms with Crippen molar-refractivity contribution in [1.29, 1.82) is 0 Å². The van der Waals surface area contributed by atoms with Crippen LogP contribution in [0.25, 0.3) is 16.9 Å². The molecule has 2 aromatic carbocycles. The smallest absolute Gasteiger partial charge is 0.163 e. The van der Waals surface area contributed by atoms with Gasteiger partial charge in [-0.3, -0.25) is 9.59 Å². The van der Waals surface area contributed by atoms with Crippen molar-refractivity contribution in [3.05, 3.63) is 89.0 Å². The Morgan fingerprint density at radius 3 is 2.03 bits per heavy atom. The van der Waals surface area contributed by atoms with Gasteiger partial charge in [-0.15, -0.1) is 0 Å². The molecule has 3 aliphatic rings. The van der Waals surface area contributed by atoms with E-state index in [1.807, 2.05) is 42.6 Å². The molecule has 0 bridgehead atoms. The van der Waals surface area contributed by atoms with Gasteiger partial charge >= 0.3 is 0 Å². The zero-order chi connectivity index (χ0) is 26.8. The first-order chi connectivity index (χ1) is 18.0. The number of hydrogen-bond acceptors (Lipinski definition) is 5. The Morgan fingerprint density at radius 2 is 1.45 bits per heavy atom. The number of ether oxygens (including phenoxy) is 1. The molecule has 1 N–H and O–H groups in total. The SMILES string of the molecule is CC1(C)CC(=O)C2=C(C1)OC1=C(C(=O)CC(C)(C)C1)C2c1cn(-c2ccccc2)nc1-c1cccc(O)c1. The largest absolute Gasteiger partial charge is 0.508 e. The molecule has 0 atom stereocenters. The van der Waals surface area contributed by atoms with Gasteiger partial charge in [-0.05, 0) is 35.1 Å². The molecule has 38 heavy (non-hydrogen) atoms. The molecule has 2 aliphatic carbocycles. The van der Waals surface area contributed by atoms with E-state index in [1.54, 1.807) is 22.9 Å². The van der Waals surface area contributed by atoms with Gasteiger partial charge in [0, 0.05) is 54.2 Å². The third kappa shape index (κ3) is 4.18. The van der Waals surface area contributed by atoms with Crippen molar-refractivity contribution >= 4 is 11.6 Å². The zero-order valence-corrected chi connectivity index (χ0v) is 22.2. The average Bonchev–Trinajstić information content (AvgIpc) is 3.27. The second kappa shape index (κ2) is 8.55. The second-order valence-corrected chi connectivity index (χ2v) is 12.4. The molecular formula is C32H32N2O4. The van der Waals surface area contributed by atoms with Gasteiger partial charge in [0.15, 0.2) is 11.6 Å². The van der Waals surface area contributed by atoms with Crippen LogP contribution in [-0.4, -0.2) is 26.5 Å². The van der Waals surface area contributed by atoms with Crippen LogP contribution >= 0.6 is 0 Å². The third-order valence-corrected chi connectivity index (χ3v) is 7.78. The van der Waals surface area contributed by atoms with Gasteiger partial charge in [0.25, 0.3) is 0 Å². The average molecular weight is 509 g/mol. The van der Waals surface area contributed by atoms with E-state index in [0.717, 1.165) is 16.8 Å². The number of allylic oxidation sites excluding steroid dienone is 4. The number of aromatic hydroxyl groups is 1. The number of ketones is 2. The number of rotatable bonds is 3. The monoisotopic (exact) mass is 508 g/mol. The summed E-state index contributed by atoms with van der Waals surface area (Å²) in [5, 5.41) is 15.2. The standard InChI is InChI=1S/C32H32N2O4/c1-31(2)14-23(36)28-25(16-31)38-26-17-32(3,4)15-24(37)29(26)27(28)22-18-34(20-10-6-5-7-11-20)33-30(22)19-9-8-12-21(35)13-19/h5-13,18,27,35H,14-17H2,1-4H3. The van der Waals surface area contributed by atoms with E-state index in [0.29, 0.717) is 54.0 Å². The highest BCUT2D eigenvalue weighted by atomic mass is 16.5. The lowest BCUT2D eigenvalue weighted by Crippen LogP contribution is -2.37. The number of aromatic nitrogens is 2. The van der Waals surface area contributed by atoms with E-state index in [1.165, 1.54) is 0 Å². The summed E-state index contributed by atoms with van der Waals surface area (Å²) in [6, 6.07) is 16.7. The second-order valence-electron chi connectivity index (χ2n) is 12.4. The van der Waals surface area contributed by atoms with Gasteiger partial charge in [0.2, 0.25) is 0 Å². The first-order valence-corrected chi connectivity index (χ1v) is 13.2. The van der Waals surface area contributed by atoms with E-state index >= 15 is 0 Å². The minimum Gasteiger partial charge on any atom is -0.508 e. The summed E-state index contributed by atoms with van der Waals surface area (Å²) in [5.41, 5.74) is 3.68. The highest BCUT2D eigenvalue weighted by Crippen LogP contribution is 2.54. The number of phenolic OH excluding ortho intramolecular Hbond substituents is 1. The fourth-order valence-corrected chi connectivity index (χ4v) is 6.17. The van der Waals surface area contributed by atoms with Crippen molar-refractivity contribution in [3.8, 4) is 22.7 Å². The van der Waals surface area contributed by atoms with Crippen LogP contribution in [-0.2, 0) is 14.3 Å². The van der Waals surface area contributed by atoms with Crippen molar-refractivity contribution in [2.45, 2.75) is 59.3 Å². The number of phenols is 1. The fourth-order valence-electron chi connectivity index (χ4n) is 6.17. The Hall–Kier alpha value is -3.93. The van der Waals surface area contributed by atoms with Crippen LogP contribution in [0.15, 0.2) is 83.5 Å². The molecule has 0 fully saturated rings. The van der Waals surface area contributed by atoms with Crippen molar-refractivity contribution in [2.24, 2.45) is 10.8 Å². The number of hydrogen-bond donors (Lipinski definition) is 1. The third-order valence-electron chi connectivity index (χ3n) is 7.78. The summed E-state index contributed by atoms with van der Waals surface area (Å²) in [6.45, 7) is 8.33. The van der Waals surface area contributed by atoms with Gasteiger partial charge in [0.05, 0.1) is 17.3 Å². The number of para-hydroxylation sites is 1. The molecule has 2 heterocycles. The Bertz CT molecular complexity index is 1490. The van der Waals surface area contributed by atoms with E-state index in [2.05, 4.69) is 27.7 Å². The van der Waals surface area contributed by atoms with E-state index < -0.39 is 5.92 Å². The fraction of sp³-hybridized carbons (Fsp3) is 0.344. The lowest BCUT2D eigenvalue weighted by atomic mass is 9.65. The molecule has 0 spiro atoms. The Kier molecular flexibility index (Phi) is 5.49. The Balaban J connectivity index is 1.63. The van der Waals surface area contributed by atoms with Crippen LogP contribution in [0.2, 0.25) is 0 Å². The first kappa shape index (κ1) is 24.4. The van der Waals surface area contributed by atoms with E-state index in [-0.39, 0.29) is 28.1 Å². The van der Waals surface area contributed by atoms with Crippen LogP contribution in [0.4, 0.5) is 0 Å². The quantitative estimate of drug-likeness (QED) is 0.429. The minimum absolute atomic E-state index is 0.0137. The predicted octanol–water partition coefficient (Wildman–Crippen LogP) is 6.65. The molecule has 0 unspecified atom stereocenters. The normalized spacial score (nSPS) is 20.7. The van der Waals surface area contributed by atoms with Crippen molar-refractivity contribution in [1.82, 2.24) is 9.78 Å². The summed E-state index contributed by atoms with van der Waals surface area (Å²) in [7, 11) is 0. The summed E-state index contributed by atoms with van der Waals surface area (Å²) < 4.78 is 8.26. The number of carbonyl (C=O) groups excluding carboxylic acids is 2. The molecule has 0 radical (unpaired) electrons. The summed E-state index contributed by atoms with van der Waals surface area (Å²) in [5.74, 6) is 0.931. The van der Waals surface area contributed by atoms with Gasteiger partial charge < -0.3 is 9.84 Å². The molecule has 0 saturated carbocycles. The maximum Gasteiger partial charge on any atom is 0.163 e.